The Balaban J connectivity index is 2.79. The van der Waals surface area contributed by atoms with Crippen LogP contribution in [-0.4, -0.2) is 53.7 Å². The van der Waals surface area contributed by atoms with E-state index in [2.05, 4.69) is 28.6 Å². The number of nitrogens with one attached hydrogen (secondary N) is 3. The summed E-state index contributed by atoms with van der Waals surface area (Å²) in [6.07, 6.45) is 0.947. The molecule has 8 nitrogen and oxygen atoms in total. The standard InChI is InChI=1S/C18H25N3O5S/c22-12-20-14(7-4-8-16(23)24)18(26)21-15(17(25)19-9-10-27)11-13-5-2-1-3-6-13/h1-3,5-6,12,14-15,27H,4,7-11H2,(H,19,25)(H,20,22)(H,21,26)(H,23,24)/t14-,15?/m0/s1. The summed E-state index contributed by atoms with van der Waals surface area (Å²) in [7, 11) is 0. The first-order valence-corrected chi connectivity index (χ1v) is 9.25. The summed E-state index contributed by atoms with van der Waals surface area (Å²) in [6, 6.07) is 7.49. The second-order valence-electron chi connectivity index (χ2n) is 5.89. The lowest BCUT2D eigenvalue weighted by atomic mass is 10.0. The number of rotatable bonds is 13. The number of benzene rings is 1. The summed E-state index contributed by atoms with van der Waals surface area (Å²) in [5.74, 6) is -1.40. The van der Waals surface area contributed by atoms with Gasteiger partial charge in [-0.15, -0.1) is 0 Å². The van der Waals surface area contributed by atoms with Crippen LogP contribution in [-0.2, 0) is 25.6 Å². The van der Waals surface area contributed by atoms with E-state index in [0.717, 1.165) is 5.56 Å². The maximum Gasteiger partial charge on any atom is 0.303 e. The van der Waals surface area contributed by atoms with Crippen molar-refractivity contribution in [2.75, 3.05) is 12.3 Å². The Morgan fingerprint density at radius 1 is 1.11 bits per heavy atom. The van der Waals surface area contributed by atoms with Crippen molar-refractivity contribution in [3.63, 3.8) is 0 Å². The molecule has 1 aromatic carbocycles. The van der Waals surface area contributed by atoms with Crippen LogP contribution in [0.25, 0.3) is 0 Å². The minimum absolute atomic E-state index is 0.111. The summed E-state index contributed by atoms with van der Waals surface area (Å²) in [4.78, 5) is 46.3. The molecule has 0 fully saturated rings. The van der Waals surface area contributed by atoms with Crippen molar-refractivity contribution < 1.29 is 24.3 Å². The first kappa shape index (κ1) is 22.5. The lowest BCUT2D eigenvalue weighted by Gasteiger charge is -2.22. The Labute approximate surface area is 163 Å². The monoisotopic (exact) mass is 395 g/mol. The van der Waals surface area contributed by atoms with E-state index < -0.39 is 24.0 Å². The highest BCUT2D eigenvalue weighted by Crippen LogP contribution is 2.06. The van der Waals surface area contributed by atoms with Crippen molar-refractivity contribution in [3.05, 3.63) is 35.9 Å². The Bertz CT molecular complexity index is 627. The molecule has 0 saturated carbocycles. The molecule has 2 atom stereocenters. The van der Waals surface area contributed by atoms with Crippen molar-refractivity contribution in [1.29, 1.82) is 0 Å². The normalized spacial score (nSPS) is 12.5. The quantitative estimate of drug-likeness (QED) is 0.240. The number of hydrogen-bond acceptors (Lipinski definition) is 5. The first-order valence-electron chi connectivity index (χ1n) is 8.62. The van der Waals surface area contributed by atoms with Crippen LogP contribution >= 0.6 is 12.6 Å². The van der Waals surface area contributed by atoms with Gasteiger partial charge < -0.3 is 21.1 Å². The van der Waals surface area contributed by atoms with Crippen LogP contribution in [0, 0.1) is 0 Å². The average molecular weight is 395 g/mol. The van der Waals surface area contributed by atoms with Crippen LogP contribution in [0.3, 0.4) is 0 Å². The lowest BCUT2D eigenvalue weighted by molar-refractivity contribution is -0.137. The third-order valence-corrected chi connectivity index (χ3v) is 4.02. The van der Waals surface area contributed by atoms with Gasteiger partial charge in [-0.1, -0.05) is 30.3 Å². The third-order valence-electron chi connectivity index (χ3n) is 3.80. The molecule has 0 aliphatic heterocycles. The summed E-state index contributed by atoms with van der Waals surface area (Å²) < 4.78 is 0. The molecule has 4 N–H and O–H groups in total. The van der Waals surface area contributed by atoms with E-state index in [1.54, 1.807) is 0 Å². The summed E-state index contributed by atoms with van der Waals surface area (Å²) in [5, 5.41) is 16.4. The maximum absolute atomic E-state index is 12.5. The molecule has 0 bridgehead atoms. The van der Waals surface area contributed by atoms with Gasteiger partial charge in [0.1, 0.15) is 12.1 Å². The Morgan fingerprint density at radius 3 is 2.41 bits per heavy atom. The van der Waals surface area contributed by atoms with E-state index in [9.17, 15) is 19.2 Å². The van der Waals surface area contributed by atoms with Gasteiger partial charge in [-0.3, -0.25) is 19.2 Å². The van der Waals surface area contributed by atoms with Crippen LogP contribution in [0.4, 0.5) is 0 Å². The minimum atomic E-state index is -0.978. The van der Waals surface area contributed by atoms with Crippen LogP contribution in [0.1, 0.15) is 24.8 Å². The van der Waals surface area contributed by atoms with E-state index in [4.69, 9.17) is 5.11 Å². The van der Waals surface area contributed by atoms with Gasteiger partial charge in [-0.25, -0.2) is 0 Å². The molecule has 0 spiro atoms. The molecule has 0 aliphatic rings. The molecule has 3 amide bonds. The fourth-order valence-electron chi connectivity index (χ4n) is 2.46. The first-order chi connectivity index (χ1) is 13.0. The van der Waals surface area contributed by atoms with Gasteiger partial charge in [-0.05, 0) is 18.4 Å². The van der Waals surface area contributed by atoms with Crippen molar-refractivity contribution in [3.8, 4) is 0 Å². The van der Waals surface area contributed by atoms with E-state index in [-0.39, 0.29) is 31.6 Å². The SMILES string of the molecule is O=CN[C@@H](CCCC(=O)O)C(=O)NC(Cc1ccccc1)C(=O)NCCS. The Kier molecular flexibility index (Phi) is 10.6. The van der Waals surface area contributed by atoms with E-state index in [0.29, 0.717) is 18.7 Å². The number of carbonyl (C=O) groups is 4. The van der Waals surface area contributed by atoms with Gasteiger partial charge in [-0.2, -0.15) is 12.6 Å². The highest BCUT2D eigenvalue weighted by molar-refractivity contribution is 7.80. The topological polar surface area (TPSA) is 125 Å². The maximum atomic E-state index is 12.5. The van der Waals surface area contributed by atoms with E-state index >= 15 is 0 Å². The second kappa shape index (κ2) is 12.7. The molecule has 1 aromatic rings. The molecule has 9 heteroatoms. The molecule has 0 aromatic heterocycles. The molecule has 0 radical (unpaired) electrons. The highest BCUT2D eigenvalue weighted by Gasteiger charge is 2.25. The van der Waals surface area contributed by atoms with E-state index in [1.807, 2.05) is 30.3 Å². The molecule has 0 saturated heterocycles. The molecule has 0 aliphatic carbocycles. The average Bonchev–Trinajstić information content (AvgIpc) is 2.65. The predicted octanol–water partition coefficient (Wildman–Crippen LogP) is 0.129. The fourth-order valence-corrected chi connectivity index (χ4v) is 2.58. The molecule has 148 valence electrons. The molecule has 1 unspecified atom stereocenters. The molecular formula is C18H25N3O5S. The summed E-state index contributed by atoms with van der Waals surface area (Å²) in [5.41, 5.74) is 0.870. The van der Waals surface area contributed by atoms with Crippen LogP contribution in [0.15, 0.2) is 30.3 Å². The number of carboxylic acid groups (broad SMARTS) is 1. The zero-order valence-corrected chi connectivity index (χ0v) is 15.8. The van der Waals surface area contributed by atoms with Gasteiger partial charge in [0.2, 0.25) is 18.2 Å². The number of amides is 3. The van der Waals surface area contributed by atoms with Gasteiger partial charge in [0, 0.05) is 25.1 Å². The molecule has 0 heterocycles. The smallest absolute Gasteiger partial charge is 0.303 e. The van der Waals surface area contributed by atoms with Gasteiger partial charge >= 0.3 is 5.97 Å². The van der Waals surface area contributed by atoms with Crippen LogP contribution < -0.4 is 16.0 Å². The van der Waals surface area contributed by atoms with Crippen molar-refractivity contribution in [1.82, 2.24) is 16.0 Å². The van der Waals surface area contributed by atoms with E-state index in [1.165, 1.54) is 0 Å². The van der Waals surface area contributed by atoms with Crippen molar-refractivity contribution in [2.45, 2.75) is 37.8 Å². The van der Waals surface area contributed by atoms with Gasteiger partial charge in [0.05, 0.1) is 0 Å². The lowest BCUT2D eigenvalue weighted by Crippen LogP contribution is -2.53. The zero-order chi connectivity index (χ0) is 20.1. The highest BCUT2D eigenvalue weighted by atomic mass is 32.1. The molecular weight excluding hydrogens is 370 g/mol. The fraction of sp³-hybridized carbons (Fsp3) is 0.444. The number of aliphatic carboxylic acids is 1. The van der Waals surface area contributed by atoms with Crippen LogP contribution in [0.5, 0.6) is 0 Å². The zero-order valence-electron chi connectivity index (χ0n) is 14.9. The largest absolute Gasteiger partial charge is 0.481 e. The number of carbonyl (C=O) groups excluding carboxylic acids is 3. The van der Waals surface area contributed by atoms with Crippen molar-refractivity contribution in [2.24, 2.45) is 0 Å². The number of hydrogen-bond donors (Lipinski definition) is 5. The molecule has 1 rings (SSSR count). The predicted molar refractivity (Wildman–Crippen MR) is 103 cm³/mol. The summed E-state index contributed by atoms with van der Waals surface area (Å²) in [6.45, 7) is 0.359. The second-order valence-corrected chi connectivity index (χ2v) is 6.34. The summed E-state index contributed by atoms with van der Waals surface area (Å²) >= 11 is 4.05. The van der Waals surface area contributed by atoms with Crippen molar-refractivity contribution >= 4 is 36.8 Å². The third kappa shape index (κ3) is 9.09. The minimum Gasteiger partial charge on any atom is -0.481 e. The van der Waals surface area contributed by atoms with Crippen LogP contribution in [0.2, 0.25) is 0 Å². The van der Waals surface area contributed by atoms with Gasteiger partial charge in [0.15, 0.2) is 0 Å². The van der Waals surface area contributed by atoms with Gasteiger partial charge in [0.25, 0.3) is 0 Å². The number of thiol groups is 1. The Morgan fingerprint density at radius 2 is 1.81 bits per heavy atom. The number of carboxylic acids is 1. The Hall–Kier alpha value is -2.55. The molecule has 27 heavy (non-hydrogen) atoms.